The molecule has 2 aromatic heterocycles. The average Bonchev–Trinajstić information content (AvgIpc) is 2.49. The molecule has 5 nitrogen and oxygen atoms in total. The van der Waals surface area contributed by atoms with Crippen LogP contribution in [0.2, 0.25) is 0 Å². The predicted molar refractivity (Wildman–Crippen MR) is 82.4 cm³/mol. The third-order valence-electron chi connectivity index (χ3n) is 2.89. The van der Waals surface area contributed by atoms with Crippen molar-refractivity contribution in [1.29, 1.82) is 0 Å². The van der Waals surface area contributed by atoms with Gasteiger partial charge in [-0.1, -0.05) is 18.2 Å². The number of amides is 1. The van der Waals surface area contributed by atoms with E-state index in [1.807, 2.05) is 6.07 Å². The van der Waals surface area contributed by atoms with Crippen molar-refractivity contribution in [1.82, 2.24) is 4.98 Å². The van der Waals surface area contributed by atoms with E-state index in [0.717, 1.165) is 0 Å². The van der Waals surface area contributed by atoms with Crippen molar-refractivity contribution >= 4 is 38.5 Å². The van der Waals surface area contributed by atoms with E-state index in [0.29, 0.717) is 21.3 Å². The zero-order chi connectivity index (χ0) is 14.8. The highest BCUT2D eigenvalue weighted by atomic mass is 79.9. The third-order valence-corrected chi connectivity index (χ3v) is 3.53. The summed E-state index contributed by atoms with van der Waals surface area (Å²) in [6.07, 6.45) is 1.59. The lowest BCUT2D eigenvalue weighted by molar-refractivity contribution is 0.102. The fourth-order valence-electron chi connectivity index (χ4n) is 1.89. The van der Waals surface area contributed by atoms with Gasteiger partial charge in [0.15, 0.2) is 0 Å². The number of pyridine rings is 1. The molecule has 0 atom stereocenters. The summed E-state index contributed by atoms with van der Waals surface area (Å²) < 4.78 is 5.63. The van der Waals surface area contributed by atoms with E-state index in [9.17, 15) is 9.59 Å². The molecule has 0 bridgehead atoms. The number of carbonyl (C=O) groups excluding carboxylic acids is 1. The highest BCUT2D eigenvalue weighted by Crippen LogP contribution is 2.19. The Hall–Kier alpha value is -2.47. The molecule has 21 heavy (non-hydrogen) atoms. The van der Waals surface area contributed by atoms with Crippen LogP contribution in [0.25, 0.3) is 11.0 Å². The Morgan fingerprint density at radius 1 is 1.19 bits per heavy atom. The fraction of sp³-hybridized carbons (Fsp3) is 0. The van der Waals surface area contributed by atoms with Crippen LogP contribution in [0.15, 0.2) is 62.5 Å². The fourth-order valence-corrected chi connectivity index (χ4v) is 2.24. The number of anilines is 1. The number of fused-ring (bicyclic) bond motifs is 1. The van der Waals surface area contributed by atoms with Crippen molar-refractivity contribution in [2.24, 2.45) is 0 Å². The van der Waals surface area contributed by atoms with Crippen LogP contribution in [-0.4, -0.2) is 10.9 Å². The van der Waals surface area contributed by atoms with Gasteiger partial charge in [-0.2, -0.15) is 0 Å². The minimum absolute atomic E-state index is 0.0514. The second-order valence-corrected chi connectivity index (χ2v) is 5.03. The normalized spacial score (nSPS) is 10.5. The lowest BCUT2D eigenvalue weighted by atomic mass is 10.2. The van der Waals surface area contributed by atoms with E-state index >= 15 is 0 Å². The lowest BCUT2D eigenvalue weighted by Crippen LogP contribution is -2.20. The number of aromatic nitrogens is 1. The van der Waals surface area contributed by atoms with Gasteiger partial charge in [0.1, 0.15) is 15.7 Å². The molecule has 0 saturated heterocycles. The van der Waals surface area contributed by atoms with Gasteiger partial charge < -0.3 is 9.73 Å². The molecule has 0 spiro atoms. The topological polar surface area (TPSA) is 72.2 Å². The van der Waals surface area contributed by atoms with Crippen molar-refractivity contribution in [3.05, 3.63) is 69.2 Å². The number of nitrogens with zero attached hydrogens (tertiary/aromatic N) is 1. The van der Waals surface area contributed by atoms with E-state index < -0.39 is 11.5 Å². The highest BCUT2D eigenvalue weighted by Gasteiger charge is 2.15. The summed E-state index contributed by atoms with van der Waals surface area (Å²) in [5.41, 5.74) is 0.201. The summed E-state index contributed by atoms with van der Waals surface area (Å²) >= 11 is 3.23. The van der Waals surface area contributed by atoms with Gasteiger partial charge in [-0.05, 0) is 40.2 Å². The quantitative estimate of drug-likeness (QED) is 0.572. The number of hydrogen-bond donors (Lipinski definition) is 1. The van der Waals surface area contributed by atoms with Crippen LogP contribution in [0.4, 0.5) is 5.69 Å². The second kappa shape index (κ2) is 5.49. The summed E-state index contributed by atoms with van der Waals surface area (Å²) in [5, 5.41) is 3.31. The molecule has 3 rings (SSSR count). The first-order valence-electron chi connectivity index (χ1n) is 6.10. The first-order chi connectivity index (χ1) is 10.1. The van der Waals surface area contributed by atoms with Gasteiger partial charge in [0, 0.05) is 11.6 Å². The summed E-state index contributed by atoms with van der Waals surface area (Å²) in [6.45, 7) is 0. The molecular formula is C15H9BrN2O3. The van der Waals surface area contributed by atoms with Gasteiger partial charge in [-0.25, -0.2) is 9.78 Å². The zero-order valence-electron chi connectivity index (χ0n) is 10.7. The number of para-hydroxylation sites is 1. The van der Waals surface area contributed by atoms with Crippen LogP contribution < -0.4 is 10.9 Å². The van der Waals surface area contributed by atoms with Crippen LogP contribution in [-0.2, 0) is 0 Å². The first kappa shape index (κ1) is 13.5. The van der Waals surface area contributed by atoms with Gasteiger partial charge in [-0.3, -0.25) is 4.79 Å². The molecule has 0 aliphatic carbocycles. The Balaban J connectivity index is 2.00. The number of benzene rings is 1. The molecule has 104 valence electrons. The van der Waals surface area contributed by atoms with Crippen LogP contribution in [0.1, 0.15) is 10.4 Å². The van der Waals surface area contributed by atoms with Crippen LogP contribution in [0.5, 0.6) is 0 Å². The average molecular weight is 345 g/mol. The van der Waals surface area contributed by atoms with E-state index in [1.54, 1.807) is 36.5 Å². The van der Waals surface area contributed by atoms with Crippen LogP contribution >= 0.6 is 15.9 Å². The van der Waals surface area contributed by atoms with Crippen molar-refractivity contribution in [3.8, 4) is 0 Å². The molecular weight excluding hydrogens is 336 g/mol. The van der Waals surface area contributed by atoms with Gasteiger partial charge in [0.2, 0.25) is 0 Å². The Morgan fingerprint density at radius 3 is 2.81 bits per heavy atom. The summed E-state index contributed by atoms with van der Waals surface area (Å²) in [7, 11) is 0. The maximum absolute atomic E-state index is 12.2. The lowest BCUT2D eigenvalue weighted by Gasteiger charge is -2.06. The maximum atomic E-state index is 12.2. The van der Waals surface area contributed by atoms with Crippen LogP contribution in [0, 0.1) is 0 Å². The van der Waals surface area contributed by atoms with Crippen molar-refractivity contribution in [2.75, 3.05) is 5.32 Å². The molecule has 0 aliphatic rings. The van der Waals surface area contributed by atoms with E-state index in [-0.39, 0.29) is 5.56 Å². The summed E-state index contributed by atoms with van der Waals surface area (Å²) in [4.78, 5) is 28.1. The number of hydrogen-bond acceptors (Lipinski definition) is 4. The second-order valence-electron chi connectivity index (χ2n) is 4.28. The van der Waals surface area contributed by atoms with Crippen molar-refractivity contribution < 1.29 is 9.21 Å². The zero-order valence-corrected chi connectivity index (χ0v) is 12.3. The Bertz CT molecular complexity index is 889. The molecule has 0 saturated carbocycles. The van der Waals surface area contributed by atoms with Gasteiger partial charge in [0.05, 0.1) is 5.69 Å². The molecule has 0 fully saturated rings. The number of halogens is 1. The van der Waals surface area contributed by atoms with Crippen molar-refractivity contribution in [2.45, 2.75) is 0 Å². The maximum Gasteiger partial charge on any atom is 0.349 e. The number of carbonyl (C=O) groups is 1. The molecule has 2 heterocycles. The van der Waals surface area contributed by atoms with E-state index in [4.69, 9.17) is 4.42 Å². The smallest absolute Gasteiger partial charge is 0.349 e. The minimum atomic E-state index is -0.675. The number of rotatable bonds is 2. The third kappa shape index (κ3) is 2.71. The minimum Gasteiger partial charge on any atom is -0.422 e. The Labute approximate surface area is 127 Å². The standard InChI is InChI=1S/C15H9BrN2O3/c16-13-11(5-3-7-17-13)18-14(19)10-8-9-4-1-2-6-12(9)21-15(10)20/h1-8H,(H,18,19). The molecule has 0 radical (unpaired) electrons. The first-order valence-corrected chi connectivity index (χ1v) is 6.89. The Morgan fingerprint density at radius 2 is 2.00 bits per heavy atom. The van der Waals surface area contributed by atoms with Gasteiger partial charge in [0.25, 0.3) is 5.91 Å². The molecule has 3 aromatic rings. The van der Waals surface area contributed by atoms with Crippen molar-refractivity contribution in [3.63, 3.8) is 0 Å². The molecule has 0 unspecified atom stereocenters. The van der Waals surface area contributed by atoms with E-state index in [1.165, 1.54) is 6.07 Å². The highest BCUT2D eigenvalue weighted by molar-refractivity contribution is 9.10. The summed E-state index contributed by atoms with van der Waals surface area (Å²) in [5.74, 6) is -0.539. The van der Waals surface area contributed by atoms with Crippen LogP contribution in [0.3, 0.4) is 0 Å². The molecule has 0 aliphatic heterocycles. The Kier molecular flexibility index (Phi) is 3.53. The SMILES string of the molecule is O=C(Nc1cccnc1Br)c1cc2ccccc2oc1=O. The van der Waals surface area contributed by atoms with Gasteiger partial charge >= 0.3 is 5.63 Å². The molecule has 1 aromatic carbocycles. The molecule has 1 amide bonds. The summed E-state index contributed by atoms with van der Waals surface area (Å²) in [6, 6.07) is 11.9. The number of nitrogens with one attached hydrogen (secondary N) is 1. The largest absolute Gasteiger partial charge is 0.422 e. The molecule has 1 N–H and O–H groups in total. The van der Waals surface area contributed by atoms with Gasteiger partial charge in [-0.15, -0.1) is 0 Å². The monoisotopic (exact) mass is 344 g/mol. The molecule has 6 heteroatoms. The predicted octanol–water partition coefficient (Wildman–Crippen LogP) is 3.20. The van der Waals surface area contributed by atoms with E-state index in [2.05, 4.69) is 26.2 Å².